The number of carboxylic acid groups (broad SMARTS) is 1. The van der Waals surface area contributed by atoms with Gasteiger partial charge in [0, 0.05) is 67.8 Å². The first-order valence-corrected chi connectivity index (χ1v) is 17.4. The van der Waals surface area contributed by atoms with Crippen molar-refractivity contribution in [3.8, 4) is 17.6 Å². The van der Waals surface area contributed by atoms with E-state index in [-0.39, 0.29) is 30.9 Å². The second kappa shape index (κ2) is 17.3. The zero-order chi connectivity index (χ0) is 36.4. The number of allylic oxidation sites excluding steroid dienone is 2. The minimum atomic E-state index is -1.19. The zero-order valence-corrected chi connectivity index (χ0v) is 29.7. The third kappa shape index (κ3) is 9.34. The topological polar surface area (TPSA) is 157 Å². The number of carboxylic acids is 1. The van der Waals surface area contributed by atoms with Gasteiger partial charge >= 0.3 is 5.97 Å². The number of hydrogen-bond acceptors (Lipinski definition) is 10. The number of β-amino-alcohol motifs (C(OH)–C–C–N with tert-alkyl or cyclic N) is 1. The van der Waals surface area contributed by atoms with Gasteiger partial charge in [-0.2, -0.15) is 5.26 Å². The van der Waals surface area contributed by atoms with Crippen molar-refractivity contribution in [2.75, 3.05) is 39.5 Å². The molecule has 0 radical (unpaired) electrons. The number of aliphatic hydroxyl groups is 2. The van der Waals surface area contributed by atoms with Crippen molar-refractivity contribution >= 4 is 23.1 Å². The van der Waals surface area contributed by atoms with E-state index in [4.69, 9.17) is 25.8 Å². The number of nitrogens with zero attached hydrogens (tertiary/aromatic N) is 3. The van der Waals surface area contributed by atoms with E-state index in [1.54, 1.807) is 24.4 Å². The van der Waals surface area contributed by atoms with Gasteiger partial charge in [0.05, 0.1) is 23.3 Å². The van der Waals surface area contributed by atoms with Crippen LogP contribution < -0.4 is 14.8 Å². The molecule has 1 aliphatic carbocycles. The second-order valence-electron chi connectivity index (χ2n) is 13.4. The predicted molar refractivity (Wildman–Crippen MR) is 193 cm³/mol. The van der Waals surface area contributed by atoms with Crippen molar-refractivity contribution in [2.24, 2.45) is 5.41 Å². The number of benzene rings is 2. The molecule has 2 unspecified atom stereocenters. The fourth-order valence-electron chi connectivity index (χ4n) is 6.47. The number of carbonyl (C=O) groups is 1. The molecular weight excluding hydrogens is 672 g/mol. The molecule has 51 heavy (non-hydrogen) atoms. The third-order valence-electron chi connectivity index (χ3n) is 9.57. The van der Waals surface area contributed by atoms with Crippen LogP contribution in [-0.2, 0) is 22.7 Å². The van der Waals surface area contributed by atoms with Gasteiger partial charge in [0.2, 0.25) is 0 Å². The number of rotatable bonds is 17. The lowest BCUT2D eigenvalue weighted by Crippen LogP contribution is -2.52. The van der Waals surface area contributed by atoms with E-state index < -0.39 is 29.6 Å². The monoisotopic (exact) mass is 716 g/mol. The fourth-order valence-corrected chi connectivity index (χ4v) is 6.71. The minimum absolute atomic E-state index is 0.0332. The Morgan fingerprint density at radius 2 is 1.98 bits per heavy atom. The van der Waals surface area contributed by atoms with Gasteiger partial charge in [0.25, 0.3) is 0 Å². The van der Waals surface area contributed by atoms with Gasteiger partial charge in [-0.25, -0.2) is 0 Å². The smallest absolute Gasteiger partial charge is 0.323 e. The average Bonchev–Trinajstić information content (AvgIpc) is 3.55. The maximum absolute atomic E-state index is 11.6. The van der Waals surface area contributed by atoms with Crippen molar-refractivity contribution in [2.45, 2.75) is 57.6 Å². The summed E-state index contributed by atoms with van der Waals surface area (Å²) in [6, 6.07) is 16.0. The van der Waals surface area contributed by atoms with Crippen molar-refractivity contribution in [3.63, 3.8) is 0 Å². The van der Waals surface area contributed by atoms with E-state index in [0.29, 0.717) is 41.3 Å². The molecule has 1 fully saturated rings. The zero-order valence-electron chi connectivity index (χ0n) is 28.9. The van der Waals surface area contributed by atoms with Crippen LogP contribution in [0, 0.1) is 16.7 Å². The first kappa shape index (κ1) is 38.0. The molecule has 270 valence electrons. The van der Waals surface area contributed by atoms with Crippen LogP contribution in [0.1, 0.15) is 48.9 Å². The standard InChI is InChI=1S/C39H45ClN4O7/c1-38(2)32(29-8-4-3-5-9-29)10-6-12-39(38,51-15-7-13-44-14-11-31(46)23-44)26-50-36-18-35(49-25-28-16-27(19-41)20-42-21-28)30(17-33(36)40)22-43-34(24-45)37(47)48/h3-6,8-10,12,16-18,20-21,31,34,43,45-46H,7,11,13-15,22-26H2,1-2H3,(H,47,48)/t31-,34?,39?/m1/s1. The number of aromatic nitrogens is 1. The summed E-state index contributed by atoms with van der Waals surface area (Å²) in [7, 11) is 0. The Kier molecular flexibility index (Phi) is 12.9. The number of hydrogen-bond donors (Lipinski definition) is 4. The van der Waals surface area contributed by atoms with Crippen LogP contribution in [0.25, 0.3) is 5.57 Å². The number of aliphatic carboxylic acids is 1. The summed E-state index contributed by atoms with van der Waals surface area (Å²) in [4.78, 5) is 17.9. The summed E-state index contributed by atoms with van der Waals surface area (Å²) in [6.45, 7) is 6.72. The molecule has 3 atom stereocenters. The van der Waals surface area contributed by atoms with Crippen molar-refractivity contribution < 1.29 is 34.3 Å². The maximum Gasteiger partial charge on any atom is 0.323 e. The van der Waals surface area contributed by atoms with Crippen LogP contribution in [0.2, 0.25) is 5.02 Å². The minimum Gasteiger partial charge on any atom is -0.488 e. The maximum atomic E-state index is 11.6. The van der Waals surface area contributed by atoms with Gasteiger partial charge in [-0.1, -0.05) is 67.9 Å². The van der Waals surface area contributed by atoms with E-state index in [2.05, 4.69) is 53.3 Å². The molecule has 1 aromatic heterocycles. The Morgan fingerprint density at radius 1 is 1.18 bits per heavy atom. The number of likely N-dealkylation sites (tertiary alicyclic amines) is 1. The number of aliphatic hydroxyl groups excluding tert-OH is 2. The number of pyridine rings is 1. The number of nitrogens with one attached hydrogen (secondary N) is 1. The number of nitriles is 1. The molecule has 1 saturated heterocycles. The predicted octanol–water partition coefficient (Wildman–Crippen LogP) is 4.99. The summed E-state index contributed by atoms with van der Waals surface area (Å²) in [6.07, 6.45) is 10.5. The lowest BCUT2D eigenvalue weighted by molar-refractivity contribution is -0.140. The van der Waals surface area contributed by atoms with Crippen LogP contribution in [0.4, 0.5) is 0 Å². The molecular formula is C39H45ClN4O7. The molecule has 0 amide bonds. The van der Waals surface area contributed by atoms with E-state index in [1.165, 1.54) is 6.20 Å². The molecule has 3 aromatic rings. The molecule has 5 rings (SSSR count). The molecule has 0 bridgehead atoms. The molecule has 2 aliphatic rings. The van der Waals surface area contributed by atoms with E-state index in [9.17, 15) is 25.4 Å². The molecule has 1 aliphatic heterocycles. The average molecular weight is 717 g/mol. The first-order valence-electron chi connectivity index (χ1n) is 17.0. The SMILES string of the molecule is CC1(C)C(c2ccccc2)=CC=CC1(COc1cc(OCc2cncc(C#N)c2)c(CNC(CO)C(=O)O)cc1Cl)OCCCN1CC[C@@H](O)C1. The van der Waals surface area contributed by atoms with Gasteiger partial charge in [0.15, 0.2) is 0 Å². The summed E-state index contributed by atoms with van der Waals surface area (Å²) < 4.78 is 19.6. The Labute approximate surface area is 303 Å². The Bertz CT molecular complexity index is 1760. The highest BCUT2D eigenvalue weighted by atomic mass is 35.5. The van der Waals surface area contributed by atoms with Crippen molar-refractivity contribution in [1.82, 2.24) is 15.2 Å². The lowest BCUT2D eigenvalue weighted by atomic mass is 9.65. The van der Waals surface area contributed by atoms with Gasteiger partial charge < -0.3 is 34.4 Å². The highest BCUT2D eigenvalue weighted by Gasteiger charge is 2.49. The van der Waals surface area contributed by atoms with Crippen molar-refractivity contribution in [1.29, 1.82) is 5.26 Å². The summed E-state index contributed by atoms with van der Waals surface area (Å²) >= 11 is 6.82. The molecule has 12 heteroatoms. The van der Waals surface area contributed by atoms with Crippen LogP contribution in [-0.4, -0.2) is 88.4 Å². The molecule has 4 N–H and O–H groups in total. The summed E-state index contributed by atoms with van der Waals surface area (Å²) in [5.41, 5.74) is 2.32. The largest absolute Gasteiger partial charge is 0.488 e. The van der Waals surface area contributed by atoms with E-state index in [1.807, 2.05) is 30.4 Å². The Balaban J connectivity index is 1.41. The summed E-state index contributed by atoms with van der Waals surface area (Å²) in [5.74, 6) is -0.483. The molecule has 2 heterocycles. The third-order valence-corrected chi connectivity index (χ3v) is 9.86. The van der Waals surface area contributed by atoms with Crippen molar-refractivity contribution in [3.05, 3.63) is 106 Å². The van der Waals surface area contributed by atoms with E-state index >= 15 is 0 Å². The molecule has 11 nitrogen and oxygen atoms in total. The molecule has 0 spiro atoms. The Morgan fingerprint density at radius 3 is 2.69 bits per heavy atom. The van der Waals surface area contributed by atoms with Crippen LogP contribution >= 0.6 is 11.6 Å². The normalized spacial score (nSPS) is 20.4. The fraction of sp³-hybridized carbons (Fsp3) is 0.410. The molecule has 2 aromatic carbocycles. The van der Waals surface area contributed by atoms with E-state index in [0.717, 1.165) is 37.1 Å². The van der Waals surface area contributed by atoms with Crippen LogP contribution in [0.15, 0.2) is 79.2 Å². The number of halogens is 1. The Hall–Kier alpha value is -4.28. The highest BCUT2D eigenvalue weighted by molar-refractivity contribution is 6.32. The quantitative estimate of drug-likeness (QED) is 0.140. The second-order valence-corrected chi connectivity index (χ2v) is 13.8. The van der Waals surface area contributed by atoms with Gasteiger partial charge in [-0.3, -0.25) is 15.1 Å². The first-order chi connectivity index (χ1) is 24.5. The highest BCUT2D eigenvalue weighted by Crippen LogP contribution is 2.49. The summed E-state index contributed by atoms with van der Waals surface area (Å²) in [5, 5.41) is 41.4. The molecule has 0 saturated carbocycles. The number of ether oxygens (including phenoxy) is 3. The van der Waals surface area contributed by atoms with Crippen LogP contribution in [0.3, 0.4) is 0 Å². The lowest BCUT2D eigenvalue weighted by Gasteiger charge is -2.47. The van der Waals surface area contributed by atoms with Gasteiger partial charge in [-0.15, -0.1) is 0 Å². The van der Waals surface area contributed by atoms with Gasteiger partial charge in [0.1, 0.15) is 42.4 Å². The van der Waals surface area contributed by atoms with Gasteiger partial charge in [-0.05, 0) is 42.2 Å². The van der Waals surface area contributed by atoms with Crippen LogP contribution in [0.5, 0.6) is 11.5 Å².